The van der Waals surface area contributed by atoms with E-state index < -0.39 is 28.9 Å². The topological polar surface area (TPSA) is 49.3 Å². The highest BCUT2D eigenvalue weighted by molar-refractivity contribution is 9.10. The molecule has 2 aromatic rings. The van der Waals surface area contributed by atoms with Crippen LogP contribution in [0.25, 0.3) is 0 Å². The maximum absolute atomic E-state index is 13.5. The lowest BCUT2D eigenvalue weighted by Crippen LogP contribution is -2.15. The number of hydrogen-bond donors (Lipinski definition) is 2. The molecule has 2 rings (SSSR count). The molecule has 3 nitrogen and oxygen atoms in total. The molecule has 0 radical (unpaired) electrons. The summed E-state index contributed by atoms with van der Waals surface area (Å²) in [4.78, 5) is 11.8. The van der Waals surface area contributed by atoms with Gasteiger partial charge >= 0.3 is 0 Å². The number of benzene rings is 2. The van der Waals surface area contributed by atoms with Gasteiger partial charge in [-0.15, -0.1) is 0 Å². The van der Waals surface area contributed by atoms with Crippen LogP contribution in [0.2, 0.25) is 0 Å². The molecule has 98 valence electrons. The van der Waals surface area contributed by atoms with Gasteiger partial charge in [-0.3, -0.25) is 4.79 Å². The summed E-state index contributed by atoms with van der Waals surface area (Å²) in [5.74, 6) is -2.97. The first-order valence-corrected chi connectivity index (χ1v) is 6.02. The van der Waals surface area contributed by atoms with Gasteiger partial charge in [-0.05, 0) is 30.3 Å². The summed E-state index contributed by atoms with van der Waals surface area (Å²) in [6, 6.07) is 7.43. The van der Waals surface area contributed by atoms with Crippen LogP contribution in [0.3, 0.4) is 0 Å². The van der Waals surface area contributed by atoms with E-state index in [2.05, 4.69) is 21.2 Å². The Morgan fingerprint density at radius 1 is 1.16 bits per heavy atom. The normalized spacial score (nSPS) is 10.3. The van der Waals surface area contributed by atoms with E-state index in [-0.39, 0.29) is 5.69 Å². The fraction of sp³-hybridized carbons (Fsp3) is 0. The van der Waals surface area contributed by atoms with Gasteiger partial charge in [0.05, 0.1) is 5.69 Å². The molecular weight excluding hydrogens is 320 g/mol. The SMILES string of the molecule is O=C(Nc1cc(Br)ccc1F)c1c(O)cccc1F. The largest absolute Gasteiger partial charge is 0.507 e. The van der Waals surface area contributed by atoms with Crippen molar-refractivity contribution in [1.29, 1.82) is 0 Å². The molecule has 0 aliphatic heterocycles. The van der Waals surface area contributed by atoms with E-state index in [1.54, 1.807) is 0 Å². The Balaban J connectivity index is 2.34. The number of hydrogen-bond acceptors (Lipinski definition) is 2. The van der Waals surface area contributed by atoms with Crippen molar-refractivity contribution in [1.82, 2.24) is 0 Å². The Kier molecular flexibility index (Phi) is 3.80. The first kappa shape index (κ1) is 13.5. The molecule has 0 spiro atoms. The van der Waals surface area contributed by atoms with Gasteiger partial charge in [0.25, 0.3) is 5.91 Å². The van der Waals surface area contributed by atoms with Gasteiger partial charge in [0.1, 0.15) is 22.9 Å². The highest BCUT2D eigenvalue weighted by atomic mass is 79.9. The third-order valence-corrected chi connectivity index (χ3v) is 2.89. The lowest BCUT2D eigenvalue weighted by atomic mass is 10.1. The minimum atomic E-state index is -0.924. The second-order valence-electron chi connectivity index (χ2n) is 3.71. The smallest absolute Gasteiger partial charge is 0.262 e. The first-order valence-electron chi connectivity index (χ1n) is 5.23. The number of halogens is 3. The first-order chi connectivity index (χ1) is 8.99. The highest BCUT2D eigenvalue weighted by Gasteiger charge is 2.17. The summed E-state index contributed by atoms with van der Waals surface area (Å²) in [7, 11) is 0. The number of phenolic OH excluding ortho intramolecular Hbond substituents is 1. The fourth-order valence-corrected chi connectivity index (χ4v) is 1.88. The molecule has 0 bridgehead atoms. The van der Waals surface area contributed by atoms with Gasteiger partial charge in [-0.1, -0.05) is 22.0 Å². The van der Waals surface area contributed by atoms with Crippen molar-refractivity contribution in [2.24, 2.45) is 0 Å². The number of carbonyl (C=O) groups is 1. The van der Waals surface area contributed by atoms with Crippen LogP contribution in [0.4, 0.5) is 14.5 Å². The molecule has 0 aliphatic carbocycles. The van der Waals surface area contributed by atoms with Crippen LogP contribution in [0, 0.1) is 11.6 Å². The Morgan fingerprint density at radius 2 is 1.89 bits per heavy atom. The summed E-state index contributed by atoms with van der Waals surface area (Å²) in [6.07, 6.45) is 0. The minimum absolute atomic E-state index is 0.109. The summed E-state index contributed by atoms with van der Waals surface area (Å²) in [6.45, 7) is 0. The Bertz CT molecular complexity index is 626. The lowest BCUT2D eigenvalue weighted by Gasteiger charge is -2.08. The number of amides is 1. The van der Waals surface area contributed by atoms with Crippen molar-refractivity contribution in [2.45, 2.75) is 0 Å². The monoisotopic (exact) mass is 327 g/mol. The van der Waals surface area contributed by atoms with E-state index in [1.807, 2.05) is 0 Å². The Hall–Kier alpha value is -1.95. The number of carbonyl (C=O) groups excluding carboxylic acids is 1. The van der Waals surface area contributed by atoms with E-state index in [0.29, 0.717) is 4.47 Å². The fourth-order valence-electron chi connectivity index (χ4n) is 1.52. The molecule has 19 heavy (non-hydrogen) atoms. The molecule has 1 amide bonds. The van der Waals surface area contributed by atoms with E-state index in [1.165, 1.54) is 24.3 Å². The maximum Gasteiger partial charge on any atom is 0.262 e. The van der Waals surface area contributed by atoms with Crippen molar-refractivity contribution in [3.8, 4) is 5.75 Å². The van der Waals surface area contributed by atoms with Crippen molar-refractivity contribution in [2.75, 3.05) is 5.32 Å². The molecule has 0 atom stereocenters. The third-order valence-electron chi connectivity index (χ3n) is 2.40. The molecule has 0 aromatic heterocycles. The average Bonchev–Trinajstić information content (AvgIpc) is 2.33. The molecule has 0 heterocycles. The van der Waals surface area contributed by atoms with Gasteiger partial charge in [-0.25, -0.2) is 8.78 Å². The van der Waals surface area contributed by atoms with Crippen LogP contribution in [0.15, 0.2) is 40.9 Å². The second-order valence-corrected chi connectivity index (χ2v) is 4.63. The van der Waals surface area contributed by atoms with Crippen LogP contribution < -0.4 is 5.32 Å². The van der Waals surface area contributed by atoms with Gasteiger partial charge in [0.2, 0.25) is 0 Å². The number of phenols is 1. The van der Waals surface area contributed by atoms with Crippen molar-refractivity contribution in [3.63, 3.8) is 0 Å². The van der Waals surface area contributed by atoms with E-state index >= 15 is 0 Å². The zero-order valence-corrected chi connectivity index (χ0v) is 11.0. The molecule has 0 aliphatic rings. The summed E-state index contributed by atoms with van der Waals surface area (Å²) < 4.78 is 27.5. The molecule has 0 saturated heterocycles. The quantitative estimate of drug-likeness (QED) is 0.883. The summed E-state index contributed by atoms with van der Waals surface area (Å²) >= 11 is 3.13. The van der Waals surface area contributed by atoms with Crippen molar-refractivity contribution in [3.05, 3.63) is 58.1 Å². The molecular formula is C13H8BrF2NO2. The second kappa shape index (κ2) is 5.36. The van der Waals surface area contributed by atoms with Gasteiger partial charge < -0.3 is 10.4 Å². The number of aromatic hydroxyl groups is 1. The summed E-state index contributed by atoms with van der Waals surface area (Å²) in [5, 5.41) is 11.7. The predicted octanol–water partition coefficient (Wildman–Crippen LogP) is 3.69. The van der Waals surface area contributed by atoms with E-state index in [9.17, 15) is 18.7 Å². The van der Waals surface area contributed by atoms with Crippen molar-refractivity contribution < 1.29 is 18.7 Å². The lowest BCUT2D eigenvalue weighted by molar-refractivity contribution is 0.102. The zero-order chi connectivity index (χ0) is 14.0. The van der Waals surface area contributed by atoms with E-state index in [4.69, 9.17) is 0 Å². The number of anilines is 1. The van der Waals surface area contributed by atoms with Crippen LogP contribution in [0.1, 0.15) is 10.4 Å². The maximum atomic E-state index is 13.5. The number of rotatable bonds is 2. The molecule has 2 N–H and O–H groups in total. The molecule has 2 aromatic carbocycles. The minimum Gasteiger partial charge on any atom is -0.507 e. The summed E-state index contributed by atoms with van der Waals surface area (Å²) in [5.41, 5.74) is -0.635. The van der Waals surface area contributed by atoms with Gasteiger partial charge in [-0.2, -0.15) is 0 Å². The average molecular weight is 328 g/mol. The predicted molar refractivity (Wildman–Crippen MR) is 70.1 cm³/mol. The van der Waals surface area contributed by atoms with Gasteiger partial charge in [0.15, 0.2) is 0 Å². The molecule has 0 unspecified atom stereocenters. The Labute approximate surface area is 116 Å². The standard InChI is InChI=1S/C13H8BrF2NO2/c14-7-4-5-8(15)10(6-7)17-13(19)12-9(16)2-1-3-11(12)18/h1-6,18H,(H,17,19). The van der Waals surface area contributed by atoms with Crippen LogP contribution in [-0.4, -0.2) is 11.0 Å². The number of nitrogens with one attached hydrogen (secondary N) is 1. The molecule has 0 saturated carbocycles. The van der Waals surface area contributed by atoms with Gasteiger partial charge in [0, 0.05) is 4.47 Å². The van der Waals surface area contributed by atoms with Crippen LogP contribution in [0.5, 0.6) is 5.75 Å². The van der Waals surface area contributed by atoms with Crippen LogP contribution in [-0.2, 0) is 0 Å². The Morgan fingerprint density at radius 3 is 2.58 bits per heavy atom. The van der Waals surface area contributed by atoms with Crippen LogP contribution >= 0.6 is 15.9 Å². The van der Waals surface area contributed by atoms with E-state index in [0.717, 1.165) is 12.1 Å². The molecule has 6 heteroatoms. The highest BCUT2D eigenvalue weighted by Crippen LogP contribution is 2.24. The third kappa shape index (κ3) is 2.90. The molecule has 0 fully saturated rings. The zero-order valence-electron chi connectivity index (χ0n) is 9.45. The van der Waals surface area contributed by atoms with Crippen molar-refractivity contribution >= 4 is 27.5 Å².